The van der Waals surface area contributed by atoms with Gasteiger partial charge in [0.1, 0.15) is 12.4 Å². The van der Waals surface area contributed by atoms with Crippen molar-refractivity contribution in [1.82, 2.24) is 0 Å². The van der Waals surface area contributed by atoms with Crippen LogP contribution >= 0.6 is 0 Å². The number of benzene rings is 1. The first-order chi connectivity index (χ1) is 4.74. The number of phenolic OH excluding ortho intramolecular Hbond substituents is 1. The fourth-order valence-electron chi connectivity index (χ4n) is 0.672. The molecule has 0 aromatic heterocycles. The zero-order chi connectivity index (χ0) is 7.56. The Hall–Kier alpha value is -1.25. The van der Waals surface area contributed by atoms with Crippen molar-refractivity contribution < 1.29 is 9.50 Å². The van der Waals surface area contributed by atoms with Gasteiger partial charge in [0, 0.05) is 0 Å². The first kappa shape index (κ1) is 6.86. The SMILES string of the molecule is Nc1ccc(CF)cc1O. The molecule has 0 aliphatic rings. The Labute approximate surface area is 58.1 Å². The van der Waals surface area contributed by atoms with Gasteiger partial charge in [0.25, 0.3) is 0 Å². The van der Waals surface area contributed by atoms with E-state index in [2.05, 4.69) is 0 Å². The highest BCUT2D eigenvalue weighted by molar-refractivity contribution is 5.52. The quantitative estimate of drug-likeness (QED) is 0.459. The molecule has 0 aliphatic carbocycles. The van der Waals surface area contributed by atoms with Crippen LogP contribution in [0.5, 0.6) is 5.75 Å². The molecular formula is C7H8FNO. The first-order valence-electron chi connectivity index (χ1n) is 2.87. The van der Waals surface area contributed by atoms with Crippen LogP contribution in [0.3, 0.4) is 0 Å². The zero-order valence-corrected chi connectivity index (χ0v) is 5.34. The molecule has 0 saturated carbocycles. The molecule has 2 nitrogen and oxygen atoms in total. The van der Waals surface area contributed by atoms with E-state index in [0.29, 0.717) is 5.56 Å². The summed E-state index contributed by atoms with van der Waals surface area (Å²) in [5.41, 5.74) is 5.98. The monoisotopic (exact) mass is 141 g/mol. The third-order valence-electron chi connectivity index (χ3n) is 1.25. The van der Waals surface area contributed by atoms with E-state index in [9.17, 15) is 4.39 Å². The third kappa shape index (κ3) is 1.18. The number of aromatic hydroxyl groups is 1. The van der Waals surface area contributed by atoms with Crippen LogP contribution in [0.15, 0.2) is 18.2 Å². The maximum atomic E-state index is 11.9. The molecule has 0 fully saturated rings. The van der Waals surface area contributed by atoms with Gasteiger partial charge < -0.3 is 10.8 Å². The lowest BCUT2D eigenvalue weighted by Crippen LogP contribution is -1.86. The molecule has 3 N–H and O–H groups in total. The van der Waals surface area contributed by atoms with Crippen LogP contribution in [-0.2, 0) is 6.67 Å². The van der Waals surface area contributed by atoms with Crippen LogP contribution in [0.4, 0.5) is 10.1 Å². The second kappa shape index (κ2) is 2.56. The lowest BCUT2D eigenvalue weighted by molar-refractivity contribution is 0.465. The molecule has 0 aliphatic heterocycles. The summed E-state index contributed by atoms with van der Waals surface area (Å²) < 4.78 is 11.9. The summed E-state index contributed by atoms with van der Waals surface area (Å²) in [5, 5.41) is 8.94. The van der Waals surface area contributed by atoms with Crippen LogP contribution in [0.25, 0.3) is 0 Å². The summed E-state index contributed by atoms with van der Waals surface area (Å²) in [6.07, 6.45) is 0. The Bertz CT molecular complexity index is 237. The Morgan fingerprint density at radius 2 is 2.20 bits per heavy atom. The summed E-state index contributed by atoms with van der Waals surface area (Å²) in [7, 11) is 0. The largest absolute Gasteiger partial charge is 0.506 e. The minimum atomic E-state index is -0.576. The molecule has 54 valence electrons. The molecule has 3 heteroatoms. The van der Waals surface area contributed by atoms with Gasteiger partial charge in [0.05, 0.1) is 5.69 Å². The van der Waals surface area contributed by atoms with Crippen molar-refractivity contribution in [2.24, 2.45) is 0 Å². The lowest BCUT2D eigenvalue weighted by Gasteiger charge is -1.98. The van der Waals surface area contributed by atoms with Crippen molar-refractivity contribution in [2.75, 3.05) is 5.73 Å². The molecule has 0 unspecified atom stereocenters. The maximum Gasteiger partial charge on any atom is 0.138 e. The van der Waals surface area contributed by atoms with Gasteiger partial charge in [-0.15, -0.1) is 0 Å². The molecule has 0 saturated heterocycles. The fraction of sp³-hybridized carbons (Fsp3) is 0.143. The lowest BCUT2D eigenvalue weighted by atomic mass is 10.2. The topological polar surface area (TPSA) is 46.2 Å². The van der Waals surface area contributed by atoms with Crippen molar-refractivity contribution >= 4 is 5.69 Å². The van der Waals surface area contributed by atoms with E-state index < -0.39 is 6.67 Å². The number of nitrogen functional groups attached to an aromatic ring is 1. The number of phenols is 1. The van der Waals surface area contributed by atoms with Gasteiger partial charge in [-0.3, -0.25) is 0 Å². The number of nitrogens with two attached hydrogens (primary N) is 1. The van der Waals surface area contributed by atoms with E-state index in [0.717, 1.165) is 0 Å². The van der Waals surface area contributed by atoms with Crippen molar-refractivity contribution in [1.29, 1.82) is 0 Å². The number of halogens is 1. The zero-order valence-electron chi connectivity index (χ0n) is 5.34. The average molecular weight is 141 g/mol. The number of anilines is 1. The predicted octanol–water partition coefficient (Wildman–Crippen LogP) is 1.44. The third-order valence-corrected chi connectivity index (χ3v) is 1.25. The number of rotatable bonds is 1. The van der Waals surface area contributed by atoms with Crippen molar-refractivity contribution in [3.05, 3.63) is 23.8 Å². The van der Waals surface area contributed by atoms with E-state index >= 15 is 0 Å². The highest BCUT2D eigenvalue weighted by atomic mass is 19.1. The fourth-order valence-corrected chi connectivity index (χ4v) is 0.672. The Kier molecular flexibility index (Phi) is 1.76. The Balaban J connectivity index is 3.04. The summed E-state index contributed by atoms with van der Waals surface area (Å²) in [6.45, 7) is -0.576. The minimum Gasteiger partial charge on any atom is -0.506 e. The van der Waals surface area contributed by atoms with Gasteiger partial charge in [-0.2, -0.15) is 0 Å². The molecule has 0 spiro atoms. The summed E-state index contributed by atoms with van der Waals surface area (Å²) >= 11 is 0. The van der Waals surface area contributed by atoms with Crippen molar-refractivity contribution in [3.8, 4) is 5.75 Å². The summed E-state index contributed by atoms with van der Waals surface area (Å²) in [5.74, 6) is -0.0600. The summed E-state index contributed by atoms with van der Waals surface area (Å²) in [6, 6.07) is 4.33. The molecule has 0 bridgehead atoms. The van der Waals surface area contributed by atoms with Gasteiger partial charge in [0.15, 0.2) is 0 Å². The smallest absolute Gasteiger partial charge is 0.138 e. The highest BCUT2D eigenvalue weighted by Gasteiger charge is 1.96. The van der Waals surface area contributed by atoms with Crippen LogP contribution < -0.4 is 5.73 Å². The number of hydrogen-bond acceptors (Lipinski definition) is 2. The van der Waals surface area contributed by atoms with Crippen LogP contribution in [-0.4, -0.2) is 5.11 Å². The van der Waals surface area contributed by atoms with Crippen LogP contribution in [0.1, 0.15) is 5.56 Å². The number of alkyl halides is 1. The van der Waals surface area contributed by atoms with Gasteiger partial charge in [-0.25, -0.2) is 4.39 Å². The Morgan fingerprint density at radius 1 is 1.50 bits per heavy atom. The van der Waals surface area contributed by atoms with E-state index in [4.69, 9.17) is 10.8 Å². The molecule has 10 heavy (non-hydrogen) atoms. The van der Waals surface area contributed by atoms with Gasteiger partial charge in [0.2, 0.25) is 0 Å². The second-order valence-corrected chi connectivity index (χ2v) is 2.03. The highest BCUT2D eigenvalue weighted by Crippen LogP contribution is 2.20. The molecule has 1 aromatic rings. The normalized spacial score (nSPS) is 9.70. The molecule has 0 atom stereocenters. The molecule has 0 amide bonds. The predicted molar refractivity (Wildman–Crippen MR) is 37.3 cm³/mol. The van der Waals surface area contributed by atoms with Gasteiger partial charge in [-0.1, -0.05) is 6.07 Å². The summed E-state index contributed by atoms with van der Waals surface area (Å²) in [4.78, 5) is 0. The minimum absolute atomic E-state index is 0.0600. The van der Waals surface area contributed by atoms with E-state index in [1.165, 1.54) is 18.2 Å². The molecule has 0 radical (unpaired) electrons. The number of hydrogen-bond donors (Lipinski definition) is 2. The molecule has 1 aromatic carbocycles. The Morgan fingerprint density at radius 3 is 2.70 bits per heavy atom. The van der Waals surface area contributed by atoms with Crippen LogP contribution in [0, 0.1) is 0 Å². The van der Waals surface area contributed by atoms with E-state index in [1.54, 1.807) is 0 Å². The molecule has 1 rings (SSSR count). The van der Waals surface area contributed by atoms with Gasteiger partial charge >= 0.3 is 0 Å². The molecule has 0 heterocycles. The first-order valence-corrected chi connectivity index (χ1v) is 2.87. The van der Waals surface area contributed by atoms with E-state index in [-0.39, 0.29) is 11.4 Å². The van der Waals surface area contributed by atoms with Crippen molar-refractivity contribution in [3.63, 3.8) is 0 Å². The van der Waals surface area contributed by atoms with Gasteiger partial charge in [-0.05, 0) is 17.7 Å². The second-order valence-electron chi connectivity index (χ2n) is 2.03. The van der Waals surface area contributed by atoms with E-state index in [1.807, 2.05) is 0 Å². The molecular weight excluding hydrogens is 133 g/mol. The standard InChI is InChI=1S/C7H8FNO/c8-4-5-1-2-6(9)7(10)3-5/h1-3,10H,4,9H2. The average Bonchev–Trinajstić information content (AvgIpc) is 1.95. The maximum absolute atomic E-state index is 11.9. The van der Waals surface area contributed by atoms with Crippen molar-refractivity contribution in [2.45, 2.75) is 6.67 Å². The van der Waals surface area contributed by atoms with Crippen LogP contribution in [0.2, 0.25) is 0 Å².